The van der Waals surface area contributed by atoms with Crippen LogP contribution in [-0.4, -0.2) is 34.5 Å². The van der Waals surface area contributed by atoms with Gasteiger partial charge in [-0.15, -0.1) is 0 Å². The summed E-state index contributed by atoms with van der Waals surface area (Å²) in [5.74, 6) is -0.734. The molecule has 0 bridgehead atoms. The zero-order valence-electron chi connectivity index (χ0n) is 14.0. The van der Waals surface area contributed by atoms with Crippen molar-refractivity contribution in [1.82, 2.24) is 0 Å². The van der Waals surface area contributed by atoms with Gasteiger partial charge in [0.15, 0.2) is 0 Å². The molecule has 4 nitrogen and oxygen atoms in total. The smallest absolute Gasteiger partial charge is 0.305 e. The summed E-state index contributed by atoms with van der Waals surface area (Å²) in [6, 6.07) is 0. The Balaban J connectivity index is 4.80. The molecule has 0 aliphatic heterocycles. The van der Waals surface area contributed by atoms with Crippen LogP contribution < -0.4 is 0 Å². The zero-order valence-corrected chi connectivity index (χ0v) is 14.0. The van der Waals surface area contributed by atoms with Crippen LogP contribution in [0.1, 0.15) is 61.3 Å². The minimum atomic E-state index is -0.709. The Morgan fingerprint density at radius 1 is 1.10 bits per heavy atom. The van der Waals surface area contributed by atoms with Crippen LogP contribution >= 0.6 is 0 Å². The highest BCUT2D eigenvalue weighted by molar-refractivity contribution is 5.69. The van der Waals surface area contributed by atoms with E-state index in [1.807, 2.05) is 41.5 Å². The van der Waals surface area contributed by atoms with Gasteiger partial charge in [-0.2, -0.15) is 0 Å². The topological polar surface area (TPSA) is 66.8 Å². The molecule has 0 rings (SSSR count). The summed E-state index contributed by atoms with van der Waals surface area (Å²) in [5, 5.41) is 20.7. The van der Waals surface area contributed by atoms with Crippen molar-refractivity contribution in [3.05, 3.63) is 0 Å². The number of aliphatic hydroxyl groups excluding tert-OH is 2. The Labute approximate surface area is 123 Å². The molecule has 0 aromatic rings. The molecule has 2 N–H and O–H groups in total. The van der Waals surface area contributed by atoms with Crippen molar-refractivity contribution in [2.24, 2.45) is 17.3 Å². The van der Waals surface area contributed by atoms with E-state index in [1.54, 1.807) is 6.92 Å². The van der Waals surface area contributed by atoms with Crippen LogP contribution in [0.4, 0.5) is 0 Å². The summed E-state index contributed by atoms with van der Waals surface area (Å²) >= 11 is 0. The van der Waals surface area contributed by atoms with Gasteiger partial charge < -0.3 is 14.9 Å². The van der Waals surface area contributed by atoms with E-state index in [-0.39, 0.29) is 29.3 Å². The van der Waals surface area contributed by atoms with E-state index in [9.17, 15) is 15.0 Å². The lowest BCUT2D eigenvalue weighted by Crippen LogP contribution is -2.44. The van der Waals surface area contributed by atoms with Crippen molar-refractivity contribution < 1.29 is 19.7 Å². The Morgan fingerprint density at radius 3 is 1.95 bits per heavy atom. The van der Waals surface area contributed by atoms with Crippen molar-refractivity contribution in [3.8, 4) is 0 Å². The number of aliphatic hydroxyl groups is 2. The van der Waals surface area contributed by atoms with Gasteiger partial charge in [-0.1, -0.05) is 48.5 Å². The first-order valence-electron chi connectivity index (χ1n) is 7.61. The normalized spacial score (nSPS) is 19.9. The van der Waals surface area contributed by atoms with Crippen LogP contribution in [0.25, 0.3) is 0 Å². The van der Waals surface area contributed by atoms with Gasteiger partial charge in [0.2, 0.25) is 0 Å². The molecule has 0 heterocycles. The summed E-state index contributed by atoms with van der Waals surface area (Å²) < 4.78 is 5.37. The maximum Gasteiger partial charge on any atom is 0.305 e. The lowest BCUT2D eigenvalue weighted by Gasteiger charge is -2.37. The van der Waals surface area contributed by atoms with E-state index >= 15 is 0 Å². The second-order valence-corrected chi connectivity index (χ2v) is 6.81. The number of carbonyl (C=O) groups excluding carboxylic acids is 1. The van der Waals surface area contributed by atoms with Crippen LogP contribution in [0.15, 0.2) is 0 Å². The van der Waals surface area contributed by atoms with Gasteiger partial charge in [-0.3, -0.25) is 4.79 Å². The Morgan fingerprint density at radius 2 is 1.60 bits per heavy atom. The number of carbonyl (C=O) groups is 1. The molecule has 0 aliphatic rings. The molecule has 4 heteroatoms. The highest BCUT2D eigenvalue weighted by Gasteiger charge is 2.37. The van der Waals surface area contributed by atoms with Gasteiger partial charge in [0.1, 0.15) is 6.10 Å². The summed E-state index contributed by atoms with van der Waals surface area (Å²) in [6.45, 7) is 13.2. The largest absolute Gasteiger partial charge is 0.462 e. The van der Waals surface area contributed by atoms with Gasteiger partial charge in [0.25, 0.3) is 0 Å². The van der Waals surface area contributed by atoms with Crippen LogP contribution in [0.5, 0.6) is 0 Å². The van der Waals surface area contributed by atoms with Crippen LogP contribution in [-0.2, 0) is 9.53 Å². The van der Waals surface area contributed by atoms with Crippen molar-refractivity contribution in [2.45, 2.75) is 79.6 Å². The third kappa shape index (κ3) is 5.41. The third-order valence-corrected chi connectivity index (χ3v) is 4.02. The highest BCUT2D eigenvalue weighted by atomic mass is 16.5. The first-order valence-corrected chi connectivity index (χ1v) is 7.61. The molecule has 0 spiro atoms. The van der Waals surface area contributed by atoms with E-state index in [0.717, 1.165) is 0 Å². The second kappa shape index (κ2) is 7.99. The number of hydrogen-bond acceptors (Lipinski definition) is 4. The highest BCUT2D eigenvalue weighted by Crippen LogP contribution is 2.31. The molecule has 0 saturated carbocycles. The molecule has 0 fully saturated rings. The van der Waals surface area contributed by atoms with Crippen molar-refractivity contribution in [2.75, 3.05) is 0 Å². The number of ether oxygens (including phenoxy) is 1. The molecule has 0 aliphatic carbocycles. The molecule has 0 aromatic heterocycles. The van der Waals surface area contributed by atoms with Crippen molar-refractivity contribution >= 4 is 5.97 Å². The van der Waals surface area contributed by atoms with E-state index in [1.165, 1.54) is 0 Å². The minimum absolute atomic E-state index is 0.206. The molecule has 0 amide bonds. The van der Waals surface area contributed by atoms with E-state index in [2.05, 4.69) is 0 Å². The van der Waals surface area contributed by atoms with Crippen LogP contribution in [0, 0.1) is 17.3 Å². The van der Waals surface area contributed by atoms with Gasteiger partial charge >= 0.3 is 5.97 Å². The summed E-state index contributed by atoms with van der Waals surface area (Å²) in [7, 11) is 0. The fourth-order valence-electron chi connectivity index (χ4n) is 2.49. The predicted octanol–water partition coefficient (Wildman–Crippen LogP) is 2.76. The first kappa shape index (κ1) is 19.4. The summed E-state index contributed by atoms with van der Waals surface area (Å²) in [5.41, 5.74) is -0.290. The van der Waals surface area contributed by atoms with Gasteiger partial charge in [0.05, 0.1) is 12.2 Å². The fraction of sp³-hybridized carbons (Fsp3) is 0.938. The van der Waals surface area contributed by atoms with Crippen molar-refractivity contribution in [3.63, 3.8) is 0 Å². The lowest BCUT2D eigenvalue weighted by molar-refractivity contribution is -0.156. The molecular weight excluding hydrogens is 256 g/mol. The number of rotatable bonds is 7. The zero-order chi connectivity index (χ0) is 16.1. The molecule has 120 valence electrons. The lowest BCUT2D eigenvalue weighted by atomic mass is 9.76. The Kier molecular flexibility index (Phi) is 7.74. The second-order valence-electron chi connectivity index (χ2n) is 6.81. The molecule has 0 unspecified atom stereocenters. The monoisotopic (exact) mass is 288 g/mol. The number of esters is 1. The maximum absolute atomic E-state index is 11.4. The summed E-state index contributed by atoms with van der Waals surface area (Å²) in [6.07, 6.45) is -0.646. The molecule has 0 aromatic carbocycles. The molecule has 0 radical (unpaired) electrons. The SMILES string of the molecule is CCC(=O)O[C@H](CC)[C@@H](C)[C@H](O)[C@H](C)[C@H](O)C(C)(C)C. The van der Waals surface area contributed by atoms with Gasteiger partial charge in [-0.05, 0) is 11.8 Å². The van der Waals surface area contributed by atoms with E-state index in [4.69, 9.17) is 4.74 Å². The molecule has 0 saturated heterocycles. The van der Waals surface area contributed by atoms with Crippen LogP contribution in [0.3, 0.4) is 0 Å². The average molecular weight is 288 g/mol. The predicted molar refractivity (Wildman–Crippen MR) is 80.3 cm³/mol. The first-order chi connectivity index (χ1) is 9.06. The van der Waals surface area contributed by atoms with E-state index in [0.29, 0.717) is 12.8 Å². The van der Waals surface area contributed by atoms with Crippen LogP contribution in [0.2, 0.25) is 0 Å². The minimum Gasteiger partial charge on any atom is -0.462 e. The van der Waals surface area contributed by atoms with Crippen molar-refractivity contribution in [1.29, 1.82) is 0 Å². The van der Waals surface area contributed by atoms with Gasteiger partial charge in [0, 0.05) is 18.3 Å². The standard InChI is InChI=1S/C16H32O4/c1-8-12(20-13(17)9-2)10(3)14(18)11(4)15(19)16(5,6)7/h10-12,14-15,18-19H,8-9H2,1-7H3/t10-,11+,12-,14+,15+/m1/s1. The molecular formula is C16H32O4. The Bertz CT molecular complexity index is 295. The fourth-order valence-corrected chi connectivity index (χ4v) is 2.49. The van der Waals surface area contributed by atoms with Gasteiger partial charge in [-0.25, -0.2) is 0 Å². The quantitative estimate of drug-likeness (QED) is 0.707. The Hall–Kier alpha value is -0.610. The number of hydrogen-bond donors (Lipinski definition) is 2. The average Bonchev–Trinajstić information content (AvgIpc) is 2.39. The van der Waals surface area contributed by atoms with E-state index < -0.39 is 12.2 Å². The third-order valence-electron chi connectivity index (χ3n) is 4.02. The molecule has 5 atom stereocenters. The maximum atomic E-state index is 11.4. The molecule has 20 heavy (non-hydrogen) atoms. The summed E-state index contributed by atoms with van der Waals surface area (Å²) in [4.78, 5) is 11.4.